The van der Waals surface area contributed by atoms with Crippen molar-refractivity contribution in [1.29, 1.82) is 0 Å². The summed E-state index contributed by atoms with van der Waals surface area (Å²) in [5.74, 6) is 0.937. The highest BCUT2D eigenvalue weighted by atomic mass is 15.3. The first-order valence-corrected chi connectivity index (χ1v) is 7.24. The molecule has 3 saturated heterocycles. The van der Waals surface area contributed by atoms with E-state index in [0.717, 1.165) is 12.0 Å². The molecule has 3 aliphatic heterocycles. The molecule has 3 rings (SSSR count). The standard InChI is InChI=1S/C14H27N3/c1-14(2,3)17-8-12(9-17)7-15-10-13(11-15)16-5-4-6-16/h12-13H,4-11H2,1-3H3. The van der Waals surface area contributed by atoms with Gasteiger partial charge in [-0.2, -0.15) is 0 Å². The molecule has 0 radical (unpaired) electrons. The topological polar surface area (TPSA) is 9.72 Å². The molecular weight excluding hydrogens is 210 g/mol. The van der Waals surface area contributed by atoms with E-state index in [1.807, 2.05) is 0 Å². The Balaban J connectivity index is 1.32. The van der Waals surface area contributed by atoms with E-state index in [4.69, 9.17) is 0 Å². The number of nitrogens with zero attached hydrogens (tertiary/aromatic N) is 3. The van der Waals surface area contributed by atoms with Crippen molar-refractivity contribution in [2.75, 3.05) is 45.8 Å². The molecule has 0 amide bonds. The van der Waals surface area contributed by atoms with Crippen molar-refractivity contribution >= 4 is 0 Å². The van der Waals surface area contributed by atoms with Crippen LogP contribution in [0.2, 0.25) is 0 Å². The summed E-state index contributed by atoms with van der Waals surface area (Å²) in [6.45, 7) is 16.4. The van der Waals surface area contributed by atoms with Gasteiger partial charge in [-0.05, 0) is 46.2 Å². The Bertz CT molecular complexity index is 268. The third kappa shape index (κ3) is 2.38. The van der Waals surface area contributed by atoms with Gasteiger partial charge in [-0.25, -0.2) is 0 Å². The van der Waals surface area contributed by atoms with Gasteiger partial charge in [0.1, 0.15) is 0 Å². The van der Waals surface area contributed by atoms with Crippen LogP contribution < -0.4 is 0 Å². The van der Waals surface area contributed by atoms with Gasteiger partial charge in [-0.3, -0.25) is 14.7 Å². The quantitative estimate of drug-likeness (QED) is 0.728. The van der Waals surface area contributed by atoms with E-state index in [2.05, 4.69) is 35.5 Å². The predicted molar refractivity (Wildman–Crippen MR) is 71.2 cm³/mol. The lowest BCUT2D eigenvalue weighted by atomic mass is 9.90. The fourth-order valence-electron chi connectivity index (χ4n) is 3.23. The Hall–Kier alpha value is -0.120. The van der Waals surface area contributed by atoms with Gasteiger partial charge in [0, 0.05) is 44.3 Å². The second-order valence-corrected chi connectivity index (χ2v) is 7.20. The van der Waals surface area contributed by atoms with E-state index in [1.54, 1.807) is 0 Å². The third-order valence-corrected chi connectivity index (χ3v) is 4.77. The van der Waals surface area contributed by atoms with Crippen LogP contribution in [-0.4, -0.2) is 72.1 Å². The Morgan fingerprint density at radius 1 is 1.00 bits per heavy atom. The third-order valence-electron chi connectivity index (χ3n) is 4.77. The van der Waals surface area contributed by atoms with E-state index in [-0.39, 0.29) is 0 Å². The molecule has 3 nitrogen and oxygen atoms in total. The zero-order valence-corrected chi connectivity index (χ0v) is 11.7. The molecule has 0 aromatic carbocycles. The maximum atomic E-state index is 2.66. The van der Waals surface area contributed by atoms with Crippen LogP contribution in [0.25, 0.3) is 0 Å². The van der Waals surface area contributed by atoms with E-state index in [1.165, 1.54) is 52.2 Å². The Morgan fingerprint density at radius 2 is 1.65 bits per heavy atom. The van der Waals surface area contributed by atoms with Gasteiger partial charge in [0.25, 0.3) is 0 Å². The highest BCUT2D eigenvalue weighted by Gasteiger charge is 2.39. The highest BCUT2D eigenvalue weighted by molar-refractivity contribution is 4.95. The van der Waals surface area contributed by atoms with Crippen LogP contribution in [0, 0.1) is 5.92 Å². The Labute approximate surface area is 106 Å². The molecule has 3 heterocycles. The minimum Gasteiger partial charge on any atom is -0.300 e. The fraction of sp³-hybridized carbons (Fsp3) is 1.00. The average Bonchev–Trinajstić information content (AvgIpc) is 1.98. The first-order chi connectivity index (χ1) is 8.02. The molecule has 17 heavy (non-hydrogen) atoms. The molecule has 0 unspecified atom stereocenters. The second kappa shape index (κ2) is 4.22. The van der Waals surface area contributed by atoms with Crippen molar-refractivity contribution in [2.45, 2.75) is 38.8 Å². The summed E-state index contributed by atoms with van der Waals surface area (Å²) < 4.78 is 0. The number of rotatable bonds is 3. The van der Waals surface area contributed by atoms with Crippen molar-refractivity contribution in [2.24, 2.45) is 5.92 Å². The van der Waals surface area contributed by atoms with Gasteiger partial charge < -0.3 is 0 Å². The van der Waals surface area contributed by atoms with Crippen molar-refractivity contribution in [3.63, 3.8) is 0 Å². The average molecular weight is 237 g/mol. The smallest absolute Gasteiger partial charge is 0.0350 e. The molecule has 3 fully saturated rings. The van der Waals surface area contributed by atoms with Crippen molar-refractivity contribution in [3.05, 3.63) is 0 Å². The van der Waals surface area contributed by atoms with E-state index in [0.29, 0.717) is 5.54 Å². The fourth-order valence-corrected chi connectivity index (χ4v) is 3.23. The molecule has 0 aromatic heterocycles. The van der Waals surface area contributed by atoms with E-state index in [9.17, 15) is 0 Å². The lowest BCUT2D eigenvalue weighted by Crippen LogP contribution is -2.65. The Morgan fingerprint density at radius 3 is 2.12 bits per heavy atom. The zero-order chi connectivity index (χ0) is 12.0. The molecule has 0 saturated carbocycles. The highest BCUT2D eigenvalue weighted by Crippen LogP contribution is 2.28. The van der Waals surface area contributed by atoms with Gasteiger partial charge >= 0.3 is 0 Å². The minimum atomic E-state index is 0.381. The summed E-state index contributed by atoms with van der Waals surface area (Å²) in [4.78, 5) is 7.91. The second-order valence-electron chi connectivity index (χ2n) is 7.20. The number of hydrogen-bond acceptors (Lipinski definition) is 3. The number of hydrogen-bond donors (Lipinski definition) is 0. The first-order valence-electron chi connectivity index (χ1n) is 7.24. The van der Waals surface area contributed by atoms with Crippen molar-refractivity contribution in [1.82, 2.24) is 14.7 Å². The SMILES string of the molecule is CC(C)(C)N1CC(CN2CC(N3CCC3)C2)C1. The van der Waals surface area contributed by atoms with E-state index >= 15 is 0 Å². The maximum absolute atomic E-state index is 2.66. The molecule has 3 heteroatoms. The zero-order valence-electron chi connectivity index (χ0n) is 11.7. The maximum Gasteiger partial charge on any atom is 0.0350 e. The van der Waals surface area contributed by atoms with Gasteiger partial charge in [0.05, 0.1) is 0 Å². The summed E-state index contributed by atoms with van der Waals surface area (Å²) >= 11 is 0. The minimum absolute atomic E-state index is 0.381. The Kier molecular flexibility index (Phi) is 2.96. The molecule has 0 N–H and O–H groups in total. The summed E-state index contributed by atoms with van der Waals surface area (Å²) in [6.07, 6.45) is 1.43. The normalized spacial score (nSPS) is 29.8. The van der Waals surface area contributed by atoms with Crippen molar-refractivity contribution in [3.8, 4) is 0 Å². The summed E-state index contributed by atoms with van der Waals surface area (Å²) in [6, 6.07) is 0.905. The molecular formula is C14H27N3. The summed E-state index contributed by atoms with van der Waals surface area (Å²) in [5, 5.41) is 0. The molecule has 0 spiro atoms. The first kappa shape index (κ1) is 11.9. The van der Waals surface area contributed by atoms with Gasteiger partial charge in [0.2, 0.25) is 0 Å². The van der Waals surface area contributed by atoms with Crippen LogP contribution in [0.3, 0.4) is 0 Å². The van der Waals surface area contributed by atoms with Crippen LogP contribution in [0.5, 0.6) is 0 Å². The van der Waals surface area contributed by atoms with Gasteiger partial charge in [-0.1, -0.05) is 0 Å². The molecule has 0 aliphatic carbocycles. The molecule has 0 aromatic rings. The van der Waals surface area contributed by atoms with E-state index < -0.39 is 0 Å². The largest absolute Gasteiger partial charge is 0.300 e. The molecule has 98 valence electrons. The molecule has 0 atom stereocenters. The summed E-state index contributed by atoms with van der Waals surface area (Å²) in [7, 11) is 0. The van der Waals surface area contributed by atoms with Crippen LogP contribution in [-0.2, 0) is 0 Å². The van der Waals surface area contributed by atoms with Crippen LogP contribution in [0.15, 0.2) is 0 Å². The van der Waals surface area contributed by atoms with Crippen LogP contribution in [0.1, 0.15) is 27.2 Å². The summed E-state index contributed by atoms with van der Waals surface area (Å²) in [5.41, 5.74) is 0.381. The molecule has 0 bridgehead atoms. The monoisotopic (exact) mass is 237 g/mol. The molecule has 3 aliphatic rings. The van der Waals surface area contributed by atoms with Crippen LogP contribution >= 0.6 is 0 Å². The predicted octanol–water partition coefficient (Wildman–Crippen LogP) is 1.11. The van der Waals surface area contributed by atoms with Gasteiger partial charge in [-0.15, -0.1) is 0 Å². The van der Waals surface area contributed by atoms with Gasteiger partial charge in [0.15, 0.2) is 0 Å². The lowest BCUT2D eigenvalue weighted by molar-refractivity contribution is -0.0446. The lowest BCUT2D eigenvalue weighted by Gasteiger charge is -2.53. The van der Waals surface area contributed by atoms with Crippen LogP contribution in [0.4, 0.5) is 0 Å². The van der Waals surface area contributed by atoms with Crippen molar-refractivity contribution < 1.29 is 0 Å². The number of likely N-dealkylation sites (tertiary alicyclic amines) is 3.